The van der Waals surface area contributed by atoms with Crippen LogP contribution in [0.3, 0.4) is 0 Å². The van der Waals surface area contributed by atoms with Crippen LogP contribution in [0.5, 0.6) is 0 Å². The third kappa shape index (κ3) is 6.45. The summed E-state index contributed by atoms with van der Waals surface area (Å²) in [5.74, 6) is -0.759. The number of piperazine rings is 1. The van der Waals surface area contributed by atoms with E-state index < -0.39 is 17.1 Å². The van der Waals surface area contributed by atoms with E-state index in [0.29, 0.717) is 26.2 Å². The first-order valence-electron chi connectivity index (χ1n) is 11.3. The fourth-order valence-corrected chi connectivity index (χ4v) is 3.91. The van der Waals surface area contributed by atoms with E-state index in [9.17, 15) is 14.4 Å². The number of rotatable bonds is 8. The first kappa shape index (κ1) is 25.6. The molecule has 0 bridgehead atoms. The second kappa shape index (κ2) is 11.3. The summed E-state index contributed by atoms with van der Waals surface area (Å²) < 4.78 is 16.1. The summed E-state index contributed by atoms with van der Waals surface area (Å²) in [4.78, 5) is 41.8. The molecule has 1 unspecified atom stereocenters. The average molecular weight is 449 g/mol. The zero-order chi connectivity index (χ0) is 23.8. The lowest BCUT2D eigenvalue weighted by molar-refractivity contribution is -0.162. The number of ether oxygens (including phenoxy) is 3. The quantitative estimate of drug-likeness (QED) is 0.445. The monoisotopic (exact) mass is 448 g/mol. The summed E-state index contributed by atoms with van der Waals surface area (Å²) in [5, 5.41) is 0. The molecule has 32 heavy (non-hydrogen) atoms. The zero-order valence-electron chi connectivity index (χ0n) is 19.9. The number of carbonyl (C=O) groups is 3. The summed E-state index contributed by atoms with van der Waals surface area (Å²) >= 11 is 0. The molecule has 0 N–H and O–H groups in total. The van der Waals surface area contributed by atoms with Crippen molar-refractivity contribution in [1.82, 2.24) is 9.80 Å². The van der Waals surface area contributed by atoms with Crippen LogP contribution in [0, 0.1) is 0 Å². The molecule has 2 rings (SSSR count). The maximum absolute atomic E-state index is 13.4. The maximum Gasteiger partial charge on any atom is 0.410 e. The Hall–Kier alpha value is -2.61. The number of carbonyl (C=O) groups excluding carboxylic acids is 3. The van der Waals surface area contributed by atoms with Gasteiger partial charge in [-0.15, -0.1) is 0 Å². The van der Waals surface area contributed by atoms with E-state index in [-0.39, 0.29) is 38.1 Å². The summed E-state index contributed by atoms with van der Waals surface area (Å²) in [6.07, 6.45) is -0.0697. The Morgan fingerprint density at radius 2 is 1.50 bits per heavy atom. The van der Waals surface area contributed by atoms with Crippen LogP contribution in [0.1, 0.15) is 53.0 Å². The van der Waals surface area contributed by atoms with Gasteiger partial charge in [0, 0.05) is 32.6 Å². The molecule has 0 spiro atoms. The van der Waals surface area contributed by atoms with Crippen LogP contribution in [0.15, 0.2) is 30.3 Å². The molecular weight excluding hydrogens is 412 g/mol. The highest BCUT2D eigenvalue weighted by Gasteiger charge is 2.48. The van der Waals surface area contributed by atoms with E-state index in [1.54, 1.807) is 18.7 Å². The minimum Gasteiger partial charge on any atom is -0.466 e. The predicted octanol–water partition coefficient (Wildman–Crippen LogP) is 3.34. The van der Waals surface area contributed by atoms with Gasteiger partial charge in [0.1, 0.15) is 11.1 Å². The van der Waals surface area contributed by atoms with Crippen LogP contribution in [-0.2, 0) is 29.3 Å². The van der Waals surface area contributed by atoms with Crippen LogP contribution in [0.4, 0.5) is 4.79 Å². The molecule has 0 radical (unpaired) electrons. The summed E-state index contributed by atoms with van der Waals surface area (Å²) in [6, 6.07) is 9.37. The fraction of sp³-hybridized carbons (Fsp3) is 0.625. The molecule has 1 fully saturated rings. The summed E-state index contributed by atoms with van der Waals surface area (Å²) in [7, 11) is 0. The standard InChI is InChI=1S/C24H36N2O6/c1-6-30-20(27)13-14-24(21(28)31-7-2,19-11-9-8-10-12-19)26-17-15-25(16-18-26)22(29)32-23(3,4)5/h8-12H,6-7,13-18H2,1-5H3. The Balaban J connectivity index is 2.32. The molecular formula is C24H36N2O6. The molecule has 178 valence electrons. The maximum atomic E-state index is 13.4. The van der Waals surface area contributed by atoms with E-state index in [4.69, 9.17) is 14.2 Å². The Bertz CT molecular complexity index is 768. The van der Waals surface area contributed by atoms with Gasteiger partial charge in [-0.05, 0) is 46.6 Å². The largest absolute Gasteiger partial charge is 0.466 e. The lowest BCUT2D eigenvalue weighted by Gasteiger charge is -2.46. The third-order valence-electron chi connectivity index (χ3n) is 5.33. The zero-order valence-corrected chi connectivity index (χ0v) is 19.9. The van der Waals surface area contributed by atoms with Crippen molar-refractivity contribution in [2.24, 2.45) is 0 Å². The van der Waals surface area contributed by atoms with Gasteiger partial charge in [-0.2, -0.15) is 0 Å². The Morgan fingerprint density at radius 1 is 0.906 bits per heavy atom. The lowest BCUT2D eigenvalue weighted by Crippen LogP contribution is -2.60. The second-order valence-corrected chi connectivity index (χ2v) is 8.71. The van der Waals surface area contributed by atoms with Gasteiger partial charge in [-0.25, -0.2) is 9.59 Å². The molecule has 1 saturated heterocycles. The second-order valence-electron chi connectivity index (χ2n) is 8.71. The van der Waals surface area contributed by atoms with E-state index in [1.807, 2.05) is 56.0 Å². The van der Waals surface area contributed by atoms with Gasteiger partial charge in [0.25, 0.3) is 0 Å². The summed E-state index contributed by atoms with van der Waals surface area (Å²) in [5.41, 5.74) is -0.968. The number of esters is 2. The van der Waals surface area contributed by atoms with E-state index >= 15 is 0 Å². The molecule has 1 amide bonds. The molecule has 1 atom stereocenters. The van der Waals surface area contributed by atoms with Crippen LogP contribution < -0.4 is 0 Å². The van der Waals surface area contributed by atoms with Gasteiger partial charge < -0.3 is 19.1 Å². The molecule has 1 aliphatic heterocycles. The lowest BCUT2D eigenvalue weighted by atomic mass is 9.82. The van der Waals surface area contributed by atoms with Crippen molar-refractivity contribution in [2.45, 2.75) is 58.6 Å². The van der Waals surface area contributed by atoms with E-state index in [1.165, 1.54) is 0 Å². The Labute approximate surface area is 190 Å². The molecule has 1 aromatic rings. The molecule has 1 aromatic carbocycles. The highest BCUT2D eigenvalue weighted by Crippen LogP contribution is 2.36. The Morgan fingerprint density at radius 3 is 2.03 bits per heavy atom. The number of hydrogen-bond acceptors (Lipinski definition) is 7. The van der Waals surface area contributed by atoms with Gasteiger partial charge in [0.15, 0.2) is 0 Å². The van der Waals surface area contributed by atoms with Gasteiger partial charge in [-0.3, -0.25) is 9.69 Å². The molecule has 1 aliphatic rings. The van der Waals surface area contributed by atoms with Gasteiger partial charge >= 0.3 is 18.0 Å². The van der Waals surface area contributed by atoms with E-state index in [2.05, 4.69) is 0 Å². The highest BCUT2D eigenvalue weighted by atomic mass is 16.6. The van der Waals surface area contributed by atoms with Crippen molar-refractivity contribution < 1.29 is 28.6 Å². The molecule has 0 saturated carbocycles. The first-order valence-corrected chi connectivity index (χ1v) is 11.3. The number of nitrogens with zero attached hydrogens (tertiary/aromatic N) is 2. The van der Waals surface area contributed by atoms with Crippen LogP contribution in [0.2, 0.25) is 0 Å². The topological polar surface area (TPSA) is 85.4 Å². The number of amides is 1. The van der Waals surface area contributed by atoms with Crippen LogP contribution >= 0.6 is 0 Å². The minimum absolute atomic E-state index is 0.0772. The smallest absolute Gasteiger partial charge is 0.410 e. The molecule has 1 heterocycles. The van der Waals surface area contributed by atoms with Gasteiger partial charge in [0.2, 0.25) is 0 Å². The van der Waals surface area contributed by atoms with Crippen molar-refractivity contribution in [3.63, 3.8) is 0 Å². The third-order valence-corrected chi connectivity index (χ3v) is 5.33. The van der Waals surface area contributed by atoms with Gasteiger partial charge in [0.05, 0.1) is 13.2 Å². The number of hydrogen-bond donors (Lipinski definition) is 0. The fourth-order valence-electron chi connectivity index (χ4n) is 3.91. The minimum atomic E-state index is -1.15. The van der Waals surface area contributed by atoms with Crippen molar-refractivity contribution in [2.75, 3.05) is 39.4 Å². The highest BCUT2D eigenvalue weighted by molar-refractivity contribution is 5.84. The van der Waals surface area contributed by atoms with Crippen molar-refractivity contribution in [3.8, 4) is 0 Å². The van der Waals surface area contributed by atoms with Crippen molar-refractivity contribution in [3.05, 3.63) is 35.9 Å². The SMILES string of the molecule is CCOC(=O)CCC(C(=O)OCC)(c1ccccc1)N1CCN(C(=O)OC(C)(C)C)CC1. The first-order chi connectivity index (χ1) is 15.1. The number of benzene rings is 1. The molecule has 8 nitrogen and oxygen atoms in total. The molecule has 8 heteroatoms. The normalized spacial score (nSPS) is 16.7. The van der Waals surface area contributed by atoms with Crippen molar-refractivity contribution >= 4 is 18.0 Å². The average Bonchev–Trinajstić information content (AvgIpc) is 2.74. The molecule has 0 aliphatic carbocycles. The van der Waals surface area contributed by atoms with E-state index in [0.717, 1.165) is 5.56 Å². The molecule has 0 aromatic heterocycles. The van der Waals surface area contributed by atoms with Gasteiger partial charge in [-0.1, -0.05) is 30.3 Å². The predicted molar refractivity (Wildman–Crippen MR) is 120 cm³/mol. The Kier molecular flexibility index (Phi) is 9.07. The summed E-state index contributed by atoms with van der Waals surface area (Å²) in [6.45, 7) is 11.2. The van der Waals surface area contributed by atoms with Crippen LogP contribution in [-0.4, -0.2) is 72.8 Å². The van der Waals surface area contributed by atoms with Crippen LogP contribution in [0.25, 0.3) is 0 Å². The van der Waals surface area contributed by atoms with Crippen molar-refractivity contribution in [1.29, 1.82) is 0 Å².